The molecule has 1 amide bonds. The smallest absolute Gasteiger partial charge is 0.255 e. The van der Waals surface area contributed by atoms with Gasteiger partial charge < -0.3 is 5.32 Å². The molecule has 0 bridgehead atoms. The predicted molar refractivity (Wildman–Crippen MR) is 135 cm³/mol. The fourth-order valence-corrected chi connectivity index (χ4v) is 5.22. The van der Waals surface area contributed by atoms with Crippen LogP contribution in [0.5, 0.6) is 0 Å². The maximum Gasteiger partial charge on any atom is 0.255 e. The number of nitrogens with one attached hydrogen (secondary N) is 2. The highest BCUT2D eigenvalue weighted by Crippen LogP contribution is 2.32. The average Bonchev–Trinajstić information content (AvgIpc) is 2.75. The van der Waals surface area contributed by atoms with Gasteiger partial charge in [-0.3, -0.25) is 4.79 Å². The van der Waals surface area contributed by atoms with Crippen molar-refractivity contribution in [2.24, 2.45) is 0 Å². The number of amides is 1. The highest BCUT2D eigenvalue weighted by molar-refractivity contribution is 7.89. The normalized spacial score (nSPS) is 12.6. The molecule has 0 saturated carbocycles. The molecule has 0 aliphatic rings. The van der Waals surface area contributed by atoms with Gasteiger partial charge in [0.15, 0.2) is 0 Å². The summed E-state index contributed by atoms with van der Waals surface area (Å²) in [5.74, 6) is -1.01. The molecular weight excluding hydrogens is 470 g/mol. The first kappa shape index (κ1) is 25.4. The molecule has 0 fully saturated rings. The van der Waals surface area contributed by atoms with Crippen molar-refractivity contribution >= 4 is 33.2 Å². The molecule has 34 heavy (non-hydrogen) atoms. The largest absolute Gasteiger partial charge is 0.322 e. The summed E-state index contributed by atoms with van der Waals surface area (Å²) in [6.07, 6.45) is 0. The van der Waals surface area contributed by atoms with E-state index in [9.17, 15) is 18.5 Å². The van der Waals surface area contributed by atoms with Crippen molar-refractivity contribution in [2.45, 2.75) is 44.0 Å². The molecule has 0 heterocycles. The van der Waals surface area contributed by atoms with Gasteiger partial charge >= 0.3 is 0 Å². The third-order valence-electron chi connectivity index (χ3n) is 5.04. The van der Waals surface area contributed by atoms with Crippen molar-refractivity contribution < 1.29 is 13.2 Å². The molecular formula is C26H26ClN3O3S. The molecule has 3 rings (SSSR count). The van der Waals surface area contributed by atoms with Crippen LogP contribution in [0, 0.1) is 18.3 Å². The molecule has 8 heteroatoms. The zero-order valence-corrected chi connectivity index (χ0v) is 21.0. The zero-order chi connectivity index (χ0) is 25.1. The Hall–Kier alpha value is -3.18. The second-order valence-corrected chi connectivity index (χ2v) is 11.1. The van der Waals surface area contributed by atoms with Gasteiger partial charge in [0.25, 0.3) is 5.91 Å². The van der Waals surface area contributed by atoms with Gasteiger partial charge in [0.1, 0.15) is 0 Å². The SMILES string of the molecule is Cc1ccc(S(=O)(=O)NC(C)(C)C)cc1C(=O)Nc1ccc(C(C#N)c2ccccc2)c(Cl)c1. The van der Waals surface area contributed by atoms with Crippen molar-refractivity contribution in [1.29, 1.82) is 5.26 Å². The molecule has 3 aromatic rings. The molecule has 176 valence electrons. The summed E-state index contributed by atoms with van der Waals surface area (Å²) in [6.45, 7) is 6.97. The van der Waals surface area contributed by atoms with Gasteiger partial charge in [0, 0.05) is 21.8 Å². The Kier molecular flexibility index (Phi) is 7.47. The van der Waals surface area contributed by atoms with E-state index < -0.39 is 27.4 Å². The third kappa shape index (κ3) is 6.03. The summed E-state index contributed by atoms with van der Waals surface area (Å²) in [4.78, 5) is 13.0. The maximum atomic E-state index is 13.0. The van der Waals surface area contributed by atoms with Crippen LogP contribution in [0.15, 0.2) is 71.6 Å². The summed E-state index contributed by atoms with van der Waals surface area (Å²) in [7, 11) is -3.80. The van der Waals surface area contributed by atoms with E-state index in [0.717, 1.165) is 5.56 Å². The average molecular weight is 496 g/mol. The second-order valence-electron chi connectivity index (χ2n) is 9.00. The number of halogens is 1. The number of hydrogen-bond donors (Lipinski definition) is 2. The quantitative estimate of drug-likeness (QED) is 0.462. The van der Waals surface area contributed by atoms with Crippen LogP contribution in [0.1, 0.15) is 53.7 Å². The second kappa shape index (κ2) is 9.98. The number of hydrogen-bond acceptors (Lipinski definition) is 4. The monoisotopic (exact) mass is 495 g/mol. The summed E-state index contributed by atoms with van der Waals surface area (Å²) in [5, 5.41) is 12.8. The van der Waals surface area contributed by atoms with Crippen molar-refractivity contribution in [3.8, 4) is 6.07 Å². The van der Waals surface area contributed by atoms with E-state index >= 15 is 0 Å². The number of benzene rings is 3. The summed E-state index contributed by atoms with van der Waals surface area (Å²) >= 11 is 6.47. The van der Waals surface area contributed by atoms with Gasteiger partial charge in [-0.25, -0.2) is 13.1 Å². The Bertz CT molecular complexity index is 1360. The lowest BCUT2D eigenvalue weighted by molar-refractivity contribution is 0.102. The highest BCUT2D eigenvalue weighted by Gasteiger charge is 2.24. The van der Waals surface area contributed by atoms with E-state index in [1.165, 1.54) is 12.1 Å². The Morgan fingerprint density at radius 2 is 1.71 bits per heavy atom. The first-order valence-corrected chi connectivity index (χ1v) is 12.5. The first-order valence-electron chi connectivity index (χ1n) is 10.6. The molecule has 0 saturated heterocycles. The highest BCUT2D eigenvalue weighted by atomic mass is 35.5. The van der Waals surface area contributed by atoms with Crippen LogP contribution >= 0.6 is 11.6 Å². The van der Waals surface area contributed by atoms with Crippen LogP contribution in [-0.4, -0.2) is 19.9 Å². The van der Waals surface area contributed by atoms with Gasteiger partial charge in [0.2, 0.25) is 10.0 Å². The molecule has 0 radical (unpaired) electrons. The Morgan fingerprint density at radius 3 is 2.29 bits per heavy atom. The molecule has 0 aromatic heterocycles. The number of carbonyl (C=O) groups excluding carboxylic acids is 1. The molecule has 3 aromatic carbocycles. The number of rotatable bonds is 6. The lowest BCUT2D eigenvalue weighted by Gasteiger charge is -2.20. The molecule has 6 nitrogen and oxygen atoms in total. The van der Waals surface area contributed by atoms with Crippen LogP contribution in [0.3, 0.4) is 0 Å². The summed E-state index contributed by atoms with van der Waals surface area (Å²) < 4.78 is 28.0. The topological polar surface area (TPSA) is 99.1 Å². The molecule has 0 spiro atoms. The van der Waals surface area contributed by atoms with Gasteiger partial charge in [-0.1, -0.05) is 54.1 Å². The first-order chi connectivity index (χ1) is 15.9. The number of carbonyl (C=O) groups is 1. The standard InChI is InChI=1S/C26H26ClN3O3S/c1-17-10-12-20(34(32,33)30-26(2,3)4)15-22(17)25(31)29-19-11-13-21(24(27)14-19)23(16-28)18-8-6-5-7-9-18/h5-15,23,30H,1-4H3,(H,29,31). The summed E-state index contributed by atoms with van der Waals surface area (Å²) in [5.41, 5.74) is 2.09. The number of sulfonamides is 1. The van der Waals surface area contributed by atoms with Crippen molar-refractivity contribution in [1.82, 2.24) is 4.72 Å². The third-order valence-corrected chi connectivity index (χ3v) is 7.12. The van der Waals surface area contributed by atoms with Gasteiger partial charge in [0.05, 0.1) is 16.9 Å². The van der Waals surface area contributed by atoms with Crippen LogP contribution < -0.4 is 10.0 Å². The number of nitriles is 1. The van der Waals surface area contributed by atoms with Crippen LogP contribution in [0.4, 0.5) is 5.69 Å². The van der Waals surface area contributed by atoms with Crippen LogP contribution in [0.25, 0.3) is 0 Å². The maximum absolute atomic E-state index is 13.0. The van der Waals surface area contributed by atoms with E-state index in [1.54, 1.807) is 52.0 Å². The molecule has 0 aliphatic carbocycles. The van der Waals surface area contributed by atoms with Crippen molar-refractivity contribution in [3.63, 3.8) is 0 Å². The Morgan fingerprint density at radius 1 is 1.03 bits per heavy atom. The van der Waals surface area contributed by atoms with E-state index in [0.29, 0.717) is 21.8 Å². The van der Waals surface area contributed by atoms with Crippen molar-refractivity contribution in [3.05, 3.63) is 94.0 Å². The minimum atomic E-state index is -3.80. The van der Waals surface area contributed by atoms with Crippen LogP contribution in [0.2, 0.25) is 5.02 Å². The molecule has 1 atom stereocenters. The Balaban J connectivity index is 1.86. The predicted octanol–water partition coefficient (Wildman–Crippen LogP) is 5.63. The van der Waals surface area contributed by atoms with E-state index in [1.807, 2.05) is 30.3 Å². The molecule has 2 N–H and O–H groups in total. The van der Waals surface area contributed by atoms with Crippen LogP contribution in [-0.2, 0) is 10.0 Å². The molecule has 0 aliphatic heterocycles. The van der Waals surface area contributed by atoms with Gasteiger partial charge in [-0.15, -0.1) is 0 Å². The molecule has 1 unspecified atom stereocenters. The number of aryl methyl sites for hydroxylation is 1. The Labute approximate surface area is 205 Å². The van der Waals surface area contributed by atoms with E-state index in [-0.39, 0.29) is 10.5 Å². The van der Waals surface area contributed by atoms with Crippen molar-refractivity contribution in [2.75, 3.05) is 5.32 Å². The fraction of sp³-hybridized carbons (Fsp3) is 0.231. The lowest BCUT2D eigenvalue weighted by Crippen LogP contribution is -2.40. The summed E-state index contributed by atoms with van der Waals surface area (Å²) in [6, 6.07) is 21.0. The minimum absolute atomic E-state index is 0.00581. The number of anilines is 1. The van der Waals surface area contributed by atoms with Gasteiger partial charge in [-0.05, 0) is 68.7 Å². The fourth-order valence-electron chi connectivity index (χ4n) is 3.48. The van der Waals surface area contributed by atoms with E-state index in [2.05, 4.69) is 16.1 Å². The minimum Gasteiger partial charge on any atom is -0.322 e. The number of nitrogens with zero attached hydrogens (tertiary/aromatic N) is 1. The van der Waals surface area contributed by atoms with E-state index in [4.69, 9.17) is 11.6 Å². The zero-order valence-electron chi connectivity index (χ0n) is 19.4. The lowest BCUT2D eigenvalue weighted by atomic mass is 9.92. The van der Waals surface area contributed by atoms with Gasteiger partial charge in [-0.2, -0.15) is 5.26 Å².